The Labute approximate surface area is 141 Å². The molecule has 124 valence electrons. The SMILES string of the molecule is COCC1(CNS(=O)(=O)c2cc(Cl)cc(Cl)c2)CCNCC1. The second-order valence-electron chi connectivity index (χ2n) is 5.61. The smallest absolute Gasteiger partial charge is 0.240 e. The van der Waals surface area contributed by atoms with Gasteiger partial charge >= 0.3 is 0 Å². The van der Waals surface area contributed by atoms with Crippen LogP contribution >= 0.6 is 23.2 Å². The summed E-state index contributed by atoms with van der Waals surface area (Å²) in [6.45, 7) is 2.56. The molecule has 2 N–H and O–H groups in total. The number of rotatable bonds is 6. The summed E-state index contributed by atoms with van der Waals surface area (Å²) in [7, 11) is -2.02. The molecule has 1 fully saturated rings. The van der Waals surface area contributed by atoms with Crippen LogP contribution in [0.25, 0.3) is 0 Å². The molecule has 1 aromatic carbocycles. The van der Waals surface area contributed by atoms with E-state index < -0.39 is 10.0 Å². The quantitative estimate of drug-likeness (QED) is 0.810. The summed E-state index contributed by atoms with van der Waals surface area (Å²) >= 11 is 11.8. The Kier molecular flexibility index (Phi) is 6.10. The van der Waals surface area contributed by atoms with Crippen molar-refractivity contribution in [2.24, 2.45) is 5.41 Å². The molecule has 1 saturated heterocycles. The molecule has 1 aliphatic heterocycles. The summed E-state index contributed by atoms with van der Waals surface area (Å²) in [5.74, 6) is 0. The van der Waals surface area contributed by atoms with E-state index >= 15 is 0 Å². The molecule has 1 heterocycles. The van der Waals surface area contributed by atoms with E-state index in [1.807, 2.05) is 0 Å². The van der Waals surface area contributed by atoms with Gasteiger partial charge in [-0.15, -0.1) is 0 Å². The maximum atomic E-state index is 12.4. The third kappa shape index (κ3) is 4.57. The van der Waals surface area contributed by atoms with E-state index in [0.29, 0.717) is 23.2 Å². The molecule has 5 nitrogen and oxygen atoms in total. The first-order valence-corrected chi connectivity index (χ1v) is 9.26. The molecule has 0 radical (unpaired) electrons. The van der Waals surface area contributed by atoms with Crippen LogP contribution in [0.5, 0.6) is 0 Å². The van der Waals surface area contributed by atoms with Gasteiger partial charge in [0.25, 0.3) is 0 Å². The largest absolute Gasteiger partial charge is 0.384 e. The van der Waals surface area contributed by atoms with Crippen molar-refractivity contribution < 1.29 is 13.2 Å². The number of sulfonamides is 1. The highest BCUT2D eigenvalue weighted by Crippen LogP contribution is 2.29. The molecule has 2 rings (SSSR count). The van der Waals surface area contributed by atoms with E-state index in [2.05, 4.69) is 10.0 Å². The van der Waals surface area contributed by atoms with E-state index in [1.165, 1.54) is 18.2 Å². The normalized spacial score (nSPS) is 18.3. The van der Waals surface area contributed by atoms with Crippen LogP contribution in [-0.2, 0) is 14.8 Å². The molecule has 1 aliphatic rings. The second-order valence-corrected chi connectivity index (χ2v) is 8.25. The number of hydrogen-bond donors (Lipinski definition) is 2. The Bertz CT molecular complexity index is 591. The van der Waals surface area contributed by atoms with Crippen LogP contribution in [0.1, 0.15) is 12.8 Å². The van der Waals surface area contributed by atoms with Gasteiger partial charge in [-0.25, -0.2) is 13.1 Å². The summed E-state index contributed by atoms with van der Waals surface area (Å²) in [5.41, 5.74) is -0.185. The molecule has 0 bridgehead atoms. The predicted molar refractivity (Wildman–Crippen MR) is 88.1 cm³/mol. The maximum absolute atomic E-state index is 12.4. The summed E-state index contributed by atoms with van der Waals surface area (Å²) in [6.07, 6.45) is 1.72. The minimum Gasteiger partial charge on any atom is -0.384 e. The van der Waals surface area contributed by atoms with Gasteiger partial charge in [-0.3, -0.25) is 0 Å². The van der Waals surface area contributed by atoms with E-state index in [9.17, 15) is 8.42 Å². The Morgan fingerprint density at radius 2 is 1.82 bits per heavy atom. The fourth-order valence-corrected chi connectivity index (χ4v) is 4.53. The van der Waals surface area contributed by atoms with Crippen molar-refractivity contribution in [3.63, 3.8) is 0 Å². The standard InChI is InChI=1S/C14H20Cl2N2O3S/c1-21-10-14(2-4-17-5-3-14)9-18-22(19,20)13-7-11(15)6-12(16)8-13/h6-8,17-18H,2-5,9-10H2,1H3. The van der Waals surface area contributed by atoms with Crippen LogP contribution in [0.3, 0.4) is 0 Å². The number of ether oxygens (including phenoxy) is 1. The van der Waals surface area contributed by atoms with Crippen LogP contribution in [0, 0.1) is 5.41 Å². The van der Waals surface area contributed by atoms with Crippen LogP contribution in [-0.4, -0.2) is 41.8 Å². The molecule has 0 unspecified atom stereocenters. The molecular weight excluding hydrogens is 347 g/mol. The minimum absolute atomic E-state index is 0.0755. The first-order chi connectivity index (χ1) is 10.4. The van der Waals surface area contributed by atoms with Crippen LogP contribution < -0.4 is 10.0 Å². The van der Waals surface area contributed by atoms with Gasteiger partial charge in [-0.2, -0.15) is 0 Å². The van der Waals surface area contributed by atoms with Crippen molar-refractivity contribution in [1.29, 1.82) is 0 Å². The Balaban J connectivity index is 2.13. The zero-order valence-corrected chi connectivity index (χ0v) is 14.7. The second kappa shape index (κ2) is 7.47. The lowest BCUT2D eigenvalue weighted by atomic mass is 9.80. The van der Waals surface area contributed by atoms with E-state index in [4.69, 9.17) is 27.9 Å². The van der Waals surface area contributed by atoms with Gasteiger partial charge in [-0.05, 0) is 44.1 Å². The number of halogens is 2. The van der Waals surface area contributed by atoms with Gasteiger partial charge in [-0.1, -0.05) is 23.2 Å². The van der Waals surface area contributed by atoms with Crippen molar-refractivity contribution in [2.45, 2.75) is 17.7 Å². The number of piperidine rings is 1. The average molecular weight is 367 g/mol. The lowest BCUT2D eigenvalue weighted by molar-refractivity contribution is 0.0577. The molecule has 22 heavy (non-hydrogen) atoms. The molecule has 0 amide bonds. The summed E-state index contributed by atoms with van der Waals surface area (Å²) in [5, 5.41) is 3.86. The minimum atomic E-state index is -3.66. The number of hydrogen-bond acceptors (Lipinski definition) is 4. The van der Waals surface area contributed by atoms with Crippen LogP contribution in [0.2, 0.25) is 10.0 Å². The molecule has 8 heteroatoms. The molecule has 0 spiro atoms. The Morgan fingerprint density at radius 1 is 1.23 bits per heavy atom. The fraction of sp³-hybridized carbons (Fsp3) is 0.571. The number of methoxy groups -OCH3 is 1. The number of benzene rings is 1. The van der Waals surface area contributed by atoms with Gasteiger partial charge in [0.2, 0.25) is 10.0 Å². The fourth-order valence-electron chi connectivity index (χ4n) is 2.65. The molecule has 0 aromatic heterocycles. The van der Waals surface area contributed by atoms with E-state index in [0.717, 1.165) is 25.9 Å². The molecular formula is C14H20Cl2N2O3S. The van der Waals surface area contributed by atoms with Crippen LogP contribution in [0.4, 0.5) is 0 Å². The van der Waals surface area contributed by atoms with Crippen LogP contribution in [0.15, 0.2) is 23.1 Å². The third-order valence-electron chi connectivity index (χ3n) is 3.90. The first kappa shape index (κ1) is 18.0. The Hall–Kier alpha value is -0.370. The molecule has 0 atom stereocenters. The predicted octanol–water partition coefficient (Wildman–Crippen LogP) is 2.29. The van der Waals surface area contributed by atoms with Crippen molar-refractivity contribution in [2.75, 3.05) is 33.4 Å². The highest BCUT2D eigenvalue weighted by Gasteiger charge is 2.33. The molecule has 1 aromatic rings. The van der Waals surface area contributed by atoms with Crippen molar-refractivity contribution in [3.8, 4) is 0 Å². The van der Waals surface area contributed by atoms with Gasteiger partial charge in [0, 0.05) is 29.1 Å². The van der Waals surface area contributed by atoms with Crippen molar-refractivity contribution in [1.82, 2.24) is 10.0 Å². The summed E-state index contributed by atoms with van der Waals surface area (Å²) in [4.78, 5) is 0.0755. The zero-order valence-electron chi connectivity index (χ0n) is 12.4. The summed E-state index contributed by atoms with van der Waals surface area (Å²) < 4.78 is 32.8. The van der Waals surface area contributed by atoms with Crippen molar-refractivity contribution >= 4 is 33.2 Å². The van der Waals surface area contributed by atoms with Crippen molar-refractivity contribution in [3.05, 3.63) is 28.2 Å². The lowest BCUT2D eigenvalue weighted by Gasteiger charge is -2.37. The maximum Gasteiger partial charge on any atom is 0.240 e. The van der Waals surface area contributed by atoms with E-state index in [-0.39, 0.29) is 10.3 Å². The topological polar surface area (TPSA) is 67.4 Å². The van der Waals surface area contributed by atoms with Gasteiger partial charge < -0.3 is 10.1 Å². The van der Waals surface area contributed by atoms with Gasteiger partial charge in [0.05, 0.1) is 11.5 Å². The summed E-state index contributed by atoms with van der Waals surface area (Å²) in [6, 6.07) is 4.28. The average Bonchev–Trinajstić information content (AvgIpc) is 2.46. The first-order valence-electron chi connectivity index (χ1n) is 7.02. The Morgan fingerprint density at radius 3 is 2.36 bits per heavy atom. The monoisotopic (exact) mass is 366 g/mol. The van der Waals surface area contributed by atoms with Gasteiger partial charge in [0.15, 0.2) is 0 Å². The van der Waals surface area contributed by atoms with Gasteiger partial charge in [0.1, 0.15) is 0 Å². The molecule has 0 saturated carbocycles. The lowest BCUT2D eigenvalue weighted by Crippen LogP contribution is -2.47. The highest BCUT2D eigenvalue weighted by atomic mass is 35.5. The highest BCUT2D eigenvalue weighted by molar-refractivity contribution is 7.89. The number of nitrogens with one attached hydrogen (secondary N) is 2. The molecule has 0 aliphatic carbocycles. The zero-order chi connectivity index (χ0) is 16.2. The third-order valence-corrected chi connectivity index (χ3v) is 5.72. The van der Waals surface area contributed by atoms with E-state index in [1.54, 1.807) is 7.11 Å².